The van der Waals surface area contributed by atoms with Gasteiger partial charge in [0.1, 0.15) is 5.75 Å². The fraction of sp³-hybridized carbons (Fsp3) is 0.333. The molecule has 2 aromatic rings. The number of morpholine rings is 1. The lowest BCUT2D eigenvalue weighted by Crippen LogP contribution is -2.40. The molecule has 3 rings (SSSR count). The van der Waals surface area contributed by atoms with Crippen molar-refractivity contribution >= 4 is 29.1 Å². The minimum atomic E-state index is -0.327. The molecule has 7 heteroatoms. The van der Waals surface area contributed by atoms with Crippen LogP contribution in [0.15, 0.2) is 36.4 Å². The molecule has 0 atom stereocenters. The molecule has 1 saturated heterocycles. The average molecular weight is 403 g/mol. The van der Waals surface area contributed by atoms with Gasteiger partial charge in [-0.2, -0.15) is 0 Å². The summed E-state index contributed by atoms with van der Waals surface area (Å²) in [5.41, 5.74) is 2.97. The maximum Gasteiger partial charge on any atom is 0.262 e. The molecule has 148 valence electrons. The van der Waals surface area contributed by atoms with Crippen molar-refractivity contribution in [2.75, 3.05) is 38.2 Å². The topological polar surface area (TPSA) is 67.9 Å². The summed E-state index contributed by atoms with van der Waals surface area (Å²) in [6, 6.07) is 10.6. The molecule has 0 aromatic heterocycles. The molecule has 0 saturated carbocycles. The van der Waals surface area contributed by atoms with E-state index in [1.54, 1.807) is 35.2 Å². The van der Waals surface area contributed by atoms with E-state index in [-0.39, 0.29) is 18.4 Å². The second-order valence-corrected chi connectivity index (χ2v) is 7.12. The summed E-state index contributed by atoms with van der Waals surface area (Å²) in [5.74, 6) is 0.100. The predicted octanol–water partition coefficient (Wildman–Crippen LogP) is 3.45. The number of benzene rings is 2. The van der Waals surface area contributed by atoms with Crippen LogP contribution in [0.1, 0.15) is 21.5 Å². The maximum absolute atomic E-state index is 12.6. The summed E-state index contributed by atoms with van der Waals surface area (Å²) >= 11 is 6.20. The Labute approximate surface area is 169 Å². The number of hydrogen-bond acceptors (Lipinski definition) is 4. The molecule has 0 spiro atoms. The monoisotopic (exact) mass is 402 g/mol. The van der Waals surface area contributed by atoms with Crippen LogP contribution in [0.25, 0.3) is 0 Å². The van der Waals surface area contributed by atoms with Crippen molar-refractivity contribution in [1.29, 1.82) is 0 Å². The minimum Gasteiger partial charge on any atom is -0.482 e. The summed E-state index contributed by atoms with van der Waals surface area (Å²) in [4.78, 5) is 26.6. The SMILES string of the molecule is Cc1cc(C)c(OCC(=O)Nc2cccc(C(=O)N3CCOCC3)c2)c(Cl)c1. The zero-order valence-electron chi connectivity index (χ0n) is 16.0. The number of carbonyl (C=O) groups excluding carboxylic acids is 2. The first-order valence-corrected chi connectivity index (χ1v) is 9.48. The van der Waals surface area contributed by atoms with E-state index in [1.807, 2.05) is 19.9 Å². The van der Waals surface area contributed by atoms with Gasteiger partial charge < -0.3 is 19.7 Å². The molecule has 1 fully saturated rings. The van der Waals surface area contributed by atoms with Crippen molar-refractivity contribution in [1.82, 2.24) is 4.90 Å². The van der Waals surface area contributed by atoms with Crippen LogP contribution in [0.4, 0.5) is 5.69 Å². The Hall–Kier alpha value is -2.57. The Kier molecular flexibility index (Phi) is 6.54. The first-order chi connectivity index (χ1) is 13.4. The quantitative estimate of drug-likeness (QED) is 0.831. The summed E-state index contributed by atoms with van der Waals surface area (Å²) in [6.07, 6.45) is 0. The lowest BCUT2D eigenvalue weighted by molar-refractivity contribution is -0.118. The van der Waals surface area contributed by atoms with E-state index in [2.05, 4.69) is 5.32 Å². The van der Waals surface area contributed by atoms with Gasteiger partial charge in [-0.25, -0.2) is 0 Å². The fourth-order valence-electron chi connectivity index (χ4n) is 3.10. The van der Waals surface area contributed by atoms with Crippen molar-refractivity contribution in [3.05, 3.63) is 58.1 Å². The van der Waals surface area contributed by atoms with Crippen molar-refractivity contribution in [3.63, 3.8) is 0 Å². The molecule has 1 aliphatic rings. The number of anilines is 1. The van der Waals surface area contributed by atoms with Gasteiger partial charge in [-0.15, -0.1) is 0 Å². The summed E-state index contributed by atoms with van der Waals surface area (Å²) < 4.78 is 10.9. The number of aryl methyl sites for hydroxylation is 2. The molecular weight excluding hydrogens is 380 g/mol. The van der Waals surface area contributed by atoms with Crippen molar-refractivity contribution in [2.45, 2.75) is 13.8 Å². The molecule has 1 N–H and O–H groups in total. The van der Waals surface area contributed by atoms with Crippen LogP contribution in [-0.4, -0.2) is 49.6 Å². The number of carbonyl (C=O) groups is 2. The van der Waals surface area contributed by atoms with Gasteiger partial charge in [0.2, 0.25) is 0 Å². The highest BCUT2D eigenvalue weighted by Crippen LogP contribution is 2.29. The molecule has 2 amide bonds. The number of ether oxygens (including phenoxy) is 2. The van der Waals surface area contributed by atoms with E-state index in [0.717, 1.165) is 11.1 Å². The molecule has 0 bridgehead atoms. The molecular formula is C21H23ClN2O4. The number of nitrogens with zero attached hydrogens (tertiary/aromatic N) is 1. The standard InChI is InChI=1S/C21H23ClN2O4/c1-14-10-15(2)20(18(22)11-14)28-13-19(25)23-17-5-3-4-16(12-17)21(26)24-6-8-27-9-7-24/h3-5,10-12H,6-9,13H2,1-2H3,(H,23,25). The first kappa shape index (κ1) is 20.2. The highest BCUT2D eigenvalue weighted by molar-refractivity contribution is 6.32. The van der Waals surface area contributed by atoms with Gasteiger partial charge in [-0.3, -0.25) is 9.59 Å². The van der Waals surface area contributed by atoms with Crippen LogP contribution in [0.3, 0.4) is 0 Å². The van der Waals surface area contributed by atoms with Crippen LogP contribution < -0.4 is 10.1 Å². The van der Waals surface area contributed by atoms with Crippen molar-refractivity contribution in [3.8, 4) is 5.75 Å². The van der Waals surface area contributed by atoms with Gasteiger partial charge >= 0.3 is 0 Å². The Morgan fingerprint density at radius 3 is 2.64 bits per heavy atom. The second kappa shape index (κ2) is 9.08. The molecule has 0 unspecified atom stereocenters. The predicted molar refractivity (Wildman–Crippen MR) is 108 cm³/mol. The van der Waals surface area contributed by atoms with Gasteiger partial charge in [-0.1, -0.05) is 23.7 Å². The van der Waals surface area contributed by atoms with E-state index < -0.39 is 0 Å². The Bertz CT molecular complexity index is 855. The van der Waals surface area contributed by atoms with E-state index in [1.165, 1.54) is 0 Å². The van der Waals surface area contributed by atoms with E-state index >= 15 is 0 Å². The van der Waals surface area contributed by atoms with Crippen LogP contribution in [-0.2, 0) is 9.53 Å². The molecule has 28 heavy (non-hydrogen) atoms. The minimum absolute atomic E-state index is 0.0716. The zero-order chi connectivity index (χ0) is 20.1. The van der Waals surface area contributed by atoms with Gasteiger partial charge in [0.15, 0.2) is 6.61 Å². The Balaban J connectivity index is 1.61. The van der Waals surface area contributed by atoms with Gasteiger partial charge in [0.05, 0.1) is 18.2 Å². The van der Waals surface area contributed by atoms with Crippen molar-refractivity contribution in [2.24, 2.45) is 0 Å². The number of halogens is 1. The number of hydrogen-bond donors (Lipinski definition) is 1. The van der Waals surface area contributed by atoms with Gasteiger partial charge in [0.25, 0.3) is 11.8 Å². The third kappa shape index (κ3) is 5.03. The molecule has 0 radical (unpaired) electrons. The maximum atomic E-state index is 12.6. The number of rotatable bonds is 5. The van der Waals surface area contributed by atoms with E-state index in [0.29, 0.717) is 48.3 Å². The molecule has 0 aliphatic carbocycles. The average Bonchev–Trinajstić information content (AvgIpc) is 2.67. The largest absolute Gasteiger partial charge is 0.482 e. The highest BCUT2D eigenvalue weighted by atomic mass is 35.5. The fourth-order valence-corrected chi connectivity index (χ4v) is 3.47. The number of amides is 2. The van der Waals surface area contributed by atoms with Crippen LogP contribution >= 0.6 is 11.6 Å². The van der Waals surface area contributed by atoms with E-state index in [9.17, 15) is 9.59 Å². The third-order valence-electron chi connectivity index (χ3n) is 4.41. The zero-order valence-corrected chi connectivity index (χ0v) is 16.7. The summed E-state index contributed by atoms with van der Waals surface area (Å²) in [7, 11) is 0. The number of nitrogens with one attached hydrogen (secondary N) is 1. The van der Waals surface area contributed by atoms with Crippen LogP contribution in [0, 0.1) is 13.8 Å². The summed E-state index contributed by atoms with van der Waals surface area (Å²) in [5, 5.41) is 3.23. The molecule has 2 aromatic carbocycles. The second-order valence-electron chi connectivity index (χ2n) is 6.71. The van der Waals surface area contributed by atoms with Crippen LogP contribution in [0.2, 0.25) is 5.02 Å². The Morgan fingerprint density at radius 2 is 1.93 bits per heavy atom. The van der Waals surface area contributed by atoms with Crippen LogP contribution in [0.5, 0.6) is 5.75 Å². The molecule has 6 nitrogen and oxygen atoms in total. The molecule has 1 aliphatic heterocycles. The smallest absolute Gasteiger partial charge is 0.262 e. The normalized spacial score (nSPS) is 13.9. The van der Waals surface area contributed by atoms with Gasteiger partial charge in [-0.05, 0) is 49.2 Å². The lowest BCUT2D eigenvalue weighted by atomic mass is 10.1. The van der Waals surface area contributed by atoms with Gasteiger partial charge in [0, 0.05) is 24.3 Å². The highest BCUT2D eigenvalue weighted by Gasteiger charge is 2.19. The Morgan fingerprint density at radius 1 is 1.18 bits per heavy atom. The lowest BCUT2D eigenvalue weighted by Gasteiger charge is -2.27. The molecule has 1 heterocycles. The van der Waals surface area contributed by atoms with Crippen molar-refractivity contribution < 1.29 is 19.1 Å². The first-order valence-electron chi connectivity index (χ1n) is 9.10. The summed E-state index contributed by atoms with van der Waals surface area (Å²) in [6.45, 7) is 5.87. The van der Waals surface area contributed by atoms with E-state index in [4.69, 9.17) is 21.1 Å². The third-order valence-corrected chi connectivity index (χ3v) is 4.69.